The second kappa shape index (κ2) is 12.7. The molecule has 0 fully saturated rings. The summed E-state index contributed by atoms with van der Waals surface area (Å²) in [6.07, 6.45) is -1.04. The van der Waals surface area contributed by atoms with Crippen molar-refractivity contribution in [2.45, 2.75) is 64.1 Å². The number of aryl methyl sites for hydroxylation is 1. The van der Waals surface area contributed by atoms with Crippen molar-refractivity contribution in [3.8, 4) is 11.3 Å². The van der Waals surface area contributed by atoms with Crippen molar-refractivity contribution in [2.24, 2.45) is 5.41 Å². The number of aromatic nitrogens is 2. The van der Waals surface area contributed by atoms with Gasteiger partial charge in [0.15, 0.2) is 5.03 Å². The Hall–Kier alpha value is -3.67. The van der Waals surface area contributed by atoms with Gasteiger partial charge in [0.25, 0.3) is 10.0 Å². The molecule has 1 aliphatic heterocycles. The summed E-state index contributed by atoms with van der Waals surface area (Å²) in [7, 11) is -4.33. The van der Waals surface area contributed by atoms with Gasteiger partial charge in [0, 0.05) is 18.7 Å². The number of rotatable bonds is 4. The van der Waals surface area contributed by atoms with Gasteiger partial charge in [-0.3, -0.25) is 9.52 Å². The number of sulfonamides is 1. The van der Waals surface area contributed by atoms with Crippen molar-refractivity contribution < 1.29 is 31.1 Å². The smallest absolute Gasteiger partial charge is 0.418 e. The van der Waals surface area contributed by atoms with Crippen molar-refractivity contribution in [3.63, 3.8) is 0 Å². The first kappa shape index (κ1) is 31.3. The molecule has 0 unspecified atom stereocenters. The minimum absolute atomic E-state index is 0.239. The van der Waals surface area contributed by atoms with Crippen LogP contribution in [0.25, 0.3) is 11.3 Å². The molecule has 4 rings (SSSR count). The van der Waals surface area contributed by atoms with E-state index in [1.165, 1.54) is 12.1 Å². The van der Waals surface area contributed by atoms with Gasteiger partial charge in [-0.25, -0.2) is 9.97 Å². The van der Waals surface area contributed by atoms with Crippen LogP contribution in [0.5, 0.6) is 0 Å². The second-order valence-electron chi connectivity index (χ2n) is 10.9. The van der Waals surface area contributed by atoms with Crippen molar-refractivity contribution in [1.29, 1.82) is 0 Å². The van der Waals surface area contributed by atoms with Crippen LogP contribution in [0, 0.1) is 5.41 Å². The monoisotopic (exact) mass is 604 g/mol. The lowest BCUT2D eigenvalue weighted by atomic mass is 9.92. The number of benzene rings is 1. The number of hydrogen-bond donors (Lipinski definition) is 1. The van der Waals surface area contributed by atoms with E-state index in [-0.39, 0.29) is 35.7 Å². The minimum Gasteiger partial charge on any atom is -0.466 e. The molecule has 0 amide bonds. The van der Waals surface area contributed by atoms with Crippen LogP contribution in [0.15, 0.2) is 59.6 Å². The zero-order valence-corrected chi connectivity index (χ0v) is 24.7. The van der Waals surface area contributed by atoms with Gasteiger partial charge in [0.2, 0.25) is 0 Å². The van der Waals surface area contributed by atoms with Crippen LogP contribution in [0.1, 0.15) is 57.6 Å². The number of hydrogen-bond acceptors (Lipinski definition) is 7. The molecule has 2 aromatic heterocycles. The Morgan fingerprint density at radius 2 is 1.71 bits per heavy atom. The first-order valence-electron chi connectivity index (χ1n) is 13.9. The number of fused-ring (bicyclic) bond motifs is 6. The molecule has 12 heteroatoms. The van der Waals surface area contributed by atoms with Gasteiger partial charge in [-0.2, -0.15) is 21.6 Å². The van der Waals surface area contributed by atoms with E-state index in [9.17, 15) is 26.4 Å². The molecule has 0 saturated heterocycles. The van der Waals surface area contributed by atoms with E-state index < -0.39 is 27.2 Å². The van der Waals surface area contributed by atoms with E-state index in [1.807, 2.05) is 4.90 Å². The molecule has 1 aliphatic rings. The third-order valence-electron chi connectivity index (χ3n) is 7.06. The Labute approximate surface area is 244 Å². The molecule has 0 spiro atoms. The van der Waals surface area contributed by atoms with Crippen LogP contribution < -0.4 is 9.62 Å². The molecule has 0 saturated carbocycles. The summed E-state index contributed by atoms with van der Waals surface area (Å²) in [6, 6.07) is 13.1. The first-order chi connectivity index (χ1) is 19.8. The molecule has 226 valence electrons. The summed E-state index contributed by atoms with van der Waals surface area (Å²) >= 11 is 0. The van der Waals surface area contributed by atoms with Crippen LogP contribution in [0.4, 0.5) is 24.8 Å². The topological polar surface area (TPSA) is 101 Å². The van der Waals surface area contributed by atoms with E-state index >= 15 is 0 Å². The van der Waals surface area contributed by atoms with Gasteiger partial charge in [-0.1, -0.05) is 43.2 Å². The Bertz CT molecular complexity index is 1530. The average Bonchev–Trinajstić information content (AvgIpc) is 2.93. The minimum atomic E-state index is -4.69. The lowest BCUT2D eigenvalue weighted by Crippen LogP contribution is -2.41. The fraction of sp³-hybridized carbons (Fsp3) is 0.433. The molecular weight excluding hydrogens is 569 g/mol. The molecule has 0 aliphatic carbocycles. The second-order valence-corrected chi connectivity index (χ2v) is 12.5. The third-order valence-corrected chi connectivity index (χ3v) is 8.31. The van der Waals surface area contributed by atoms with E-state index in [1.54, 1.807) is 51.1 Å². The number of carbonyl (C=O) groups excluding carboxylic acids is 1. The van der Waals surface area contributed by atoms with E-state index in [0.717, 1.165) is 37.8 Å². The van der Waals surface area contributed by atoms with Crippen LogP contribution in [0.3, 0.4) is 0 Å². The molecule has 42 heavy (non-hydrogen) atoms. The molecular formula is C30H35F3N4O4S. The number of pyridine rings is 2. The van der Waals surface area contributed by atoms with E-state index in [4.69, 9.17) is 4.74 Å². The van der Waals surface area contributed by atoms with Gasteiger partial charge in [0.05, 0.1) is 23.3 Å². The summed E-state index contributed by atoms with van der Waals surface area (Å²) in [5, 5.41) is -0.327. The summed E-state index contributed by atoms with van der Waals surface area (Å²) in [5.74, 6) is -0.278. The molecule has 3 aromatic rings. The maximum absolute atomic E-state index is 14.0. The molecule has 0 radical (unpaired) electrons. The molecule has 3 heterocycles. The SMILES string of the molecule is CCOC(=O)C(C)(C)CN1CCCCCCc2ccccc2-c2nc(ccc2C(F)(F)F)NS(=O)(=O)c2cccc1n2. The number of esters is 1. The van der Waals surface area contributed by atoms with Gasteiger partial charge in [-0.15, -0.1) is 0 Å². The summed E-state index contributed by atoms with van der Waals surface area (Å²) in [6.45, 7) is 6.26. The summed E-state index contributed by atoms with van der Waals surface area (Å²) in [4.78, 5) is 23.1. The van der Waals surface area contributed by atoms with Gasteiger partial charge in [0.1, 0.15) is 11.6 Å². The van der Waals surface area contributed by atoms with Crippen molar-refractivity contribution in [1.82, 2.24) is 9.97 Å². The largest absolute Gasteiger partial charge is 0.466 e. The molecule has 1 aromatic carbocycles. The number of nitrogens with zero attached hydrogens (tertiary/aromatic N) is 3. The normalized spacial score (nSPS) is 16.1. The predicted molar refractivity (Wildman–Crippen MR) is 155 cm³/mol. The highest BCUT2D eigenvalue weighted by Gasteiger charge is 2.36. The highest BCUT2D eigenvalue weighted by molar-refractivity contribution is 7.92. The lowest BCUT2D eigenvalue weighted by Gasteiger charge is -2.32. The van der Waals surface area contributed by atoms with Gasteiger partial charge < -0.3 is 9.64 Å². The van der Waals surface area contributed by atoms with Crippen LogP contribution in [0.2, 0.25) is 0 Å². The average molecular weight is 605 g/mol. The predicted octanol–water partition coefficient (Wildman–Crippen LogP) is 6.48. The zero-order valence-electron chi connectivity index (χ0n) is 23.9. The van der Waals surface area contributed by atoms with Gasteiger partial charge in [-0.05, 0) is 69.9 Å². The number of anilines is 2. The fourth-order valence-corrected chi connectivity index (χ4v) is 5.92. The van der Waals surface area contributed by atoms with Crippen LogP contribution >= 0.6 is 0 Å². The number of alkyl halides is 3. The zero-order chi connectivity index (χ0) is 30.5. The van der Waals surface area contributed by atoms with Gasteiger partial charge >= 0.3 is 12.1 Å². The molecule has 4 bridgehead atoms. The Morgan fingerprint density at radius 3 is 2.45 bits per heavy atom. The number of ether oxygens (including phenoxy) is 1. The highest BCUT2D eigenvalue weighted by Crippen LogP contribution is 2.38. The number of carbonyl (C=O) groups is 1. The lowest BCUT2D eigenvalue weighted by molar-refractivity contribution is -0.152. The summed E-state index contributed by atoms with van der Waals surface area (Å²) < 4.78 is 76.5. The maximum atomic E-state index is 14.0. The first-order valence-corrected chi connectivity index (χ1v) is 15.4. The fourth-order valence-electron chi connectivity index (χ4n) is 4.95. The van der Waals surface area contributed by atoms with Crippen LogP contribution in [-0.4, -0.2) is 44.1 Å². The molecule has 8 nitrogen and oxygen atoms in total. The van der Waals surface area contributed by atoms with E-state index in [2.05, 4.69) is 14.7 Å². The van der Waals surface area contributed by atoms with E-state index in [0.29, 0.717) is 29.9 Å². The Balaban J connectivity index is 1.78. The summed E-state index contributed by atoms with van der Waals surface area (Å²) in [5.41, 5.74) is -1.17. The van der Waals surface area contributed by atoms with Crippen molar-refractivity contribution in [3.05, 3.63) is 65.7 Å². The van der Waals surface area contributed by atoms with Crippen molar-refractivity contribution in [2.75, 3.05) is 29.3 Å². The Morgan fingerprint density at radius 1 is 0.976 bits per heavy atom. The Kier molecular flexibility index (Phi) is 9.44. The number of halogens is 3. The number of nitrogens with one attached hydrogen (secondary N) is 1. The van der Waals surface area contributed by atoms with Crippen molar-refractivity contribution >= 4 is 27.6 Å². The third kappa shape index (κ3) is 7.39. The van der Waals surface area contributed by atoms with Crippen LogP contribution in [-0.2, 0) is 32.2 Å². The highest BCUT2D eigenvalue weighted by atomic mass is 32.2. The maximum Gasteiger partial charge on any atom is 0.418 e. The molecule has 1 N–H and O–H groups in total. The standard InChI is InChI=1S/C30H35F3N4O4S/c1-4-41-28(38)29(2,3)20-37-19-10-6-5-7-12-21-13-8-9-14-22(21)27-23(30(31,32)33)17-18-24(34-27)36-42(39,40)26-16-11-15-25(37)35-26/h8-9,11,13-18H,4-7,10,12,19-20H2,1-3H3,(H,34,36). The quantitative estimate of drug-likeness (QED) is 0.341. The molecule has 0 atom stereocenters.